The van der Waals surface area contributed by atoms with Crippen LogP contribution in [0.1, 0.15) is 0 Å². The zero-order valence-corrected chi connectivity index (χ0v) is 37.5. The second kappa shape index (κ2) is 14.3. The molecule has 0 saturated heterocycles. The lowest BCUT2D eigenvalue weighted by Crippen LogP contribution is -2.05. The topological polar surface area (TPSA) is 9.86 Å². The lowest BCUT2D eigenvalue weighted by molar-refractivity contribution is 1.20. The van der Waals surface area contributed by atoms with Crippen LogP contribution in [-0.4, -0.2) is 9.13 Å². The smallest absolute Gasteiger partial charge is 0.0640 e. The number of para-hydroxylation sites is 4. The van der Waals surface area contributed by atoms with Crippen molar-refractivity contribution in [2.45, 2.75) is 19.6 Å². The molecule has 0 unspecified atom stereocenters. The molecule has 0 spiro atoms. The molecule has 10 aromatic carbocycles. The van der Waals surface area contributed by atoms with Gasteiger partial charge < -0.3 is 9.13 Å². The van der Waals surface area contributed by atoms with E-state index in [-0.39, 0.29) is 0 Å². The Labute approximate surface area is 384 Å². The van der Waals surface area contributed by atoms with Crippen LogP contribution in [0.25, 0.3) is 95.3 Å². The van der Waals surface area contributed by atoms with Crippen molar-refractivity contribution in [1.29, 1.82) is 0 Å². The van der Waals surface area contributed by atoms with Gasteiger partial charge in [0.05, 0.1) is 42.8 Å². The quantitative estimate of drug-likeness (QED) is 0.157. The first kappa shape index (κ1) is 37.0. The van der Waals surface area contributed by atoms with Gasteiger partial charge in [-0.25, -0.2) is 0 Å². The molecule has 14 aromatic rings. The summed E-state index contributed by atoms with van der Waals surface area (Å²) in [6.07, 6.45) is 0. The van der Waals surface area contributed by atoms with Crippen LogP contribution in [0.3, 0.4) is 0 Å². The monoisotopic (exact) mass is 882 g/mol. The number of rotatable bonds is 6. The van der Waals surface area contributed by atoms with E-state index in [1.807, 2.05) is 22.7 Å². The Bertz CT molecular complexity index is 3810. The van der Waals surface area contributed by atoms with Crippen molar-refractivity contribution in [2.75, 3.05) is 0 Å². The normalized spacial score (nSPS) is 12.6. The molecular formula is C60H38N2S3. The summed E-state index contributed by atoms with van der Waals surface area (Å²) in [5.74, 6) is 0. The molecule has 4 heterocycles. The van der Waals surface area contributed by atoms with E-state index in [0.717, 1.165) is 0 Å². The number of nitrogens with zero attached hydrogens (tertiary/aromatic N) is 2. The Morgan fingerprint density at radius 3 is 0.908 bits per heavy atom. The van der Waals surface area contributed by atoms with Crippen LogP contribution >= 0.6 is 32.7 Å². The van der Waals surface area contributed by atoms with Gasteiger partial charge in [0, 0.05) is 72.1 Å². The van der Waals surface area contributed by atoms with Crippen LogP contribution in [0.2, 0.25) is 0 Å². The first-order valence-corrected chi connectivity index (χ1v) is 25.3. The summed E-state index contributed by atoms with van der Waals surface area (Å²) in [4.78, 5) is 5.39. The predicted molar refractivity (Wildman–Crippen MR) is 281 cm³/mol. The van der Waals surface area contributed by atoms with Crippen molar-refractivity contribution >= 4 is 117 Å². The minimum absolute atomic E-state index is 1.22. The van der Waals surface area contributed by atoms with E-state index in [0.29, 0.717) is 0 Å². The summed E-state index contributed by atoms with van der Waals surface area (Å²) in [7, 11) is -2.12. The molecule has 5 heteroatoms. The maximum atomic E-state index is 2.49. The van der Waals surface area contributed by atoms with Crippen molar-refractivity contribution < 1.29 is 0 Å². The van der Waals surface area contributed by atoms with E-state index in [9.17, 15) is 0 Å². The van der Waals surface area contributed by atoms with E-state index in [1.165, 1.54) is 115 Å². The molecule has 0 amide bonds. The van der Waals surface area contributed by atoms with Crippen LogP contribution in [0.5, 0.6) is 0 Å². The van der Waals surface area contributed by atoms with Crippen LogP contribution in [-0.2, 0) is 0 Å². The van der Waals surface area contributed by atoms with Gasteiger partial charge in [0.1, 0.15) is 0 Å². The molecule has 306 valence electrons. The summed E-state index contributed by atoms with van der Waals surface area (Å²) in [6.45, 7) is 0. The van der Waals surface area contributed by atoms with Gasteiger partial charge in [0.25, 0.3) is 0 Å². The van der Waals surface area contributed by atoms with E-state index >= 15 is 0 Å². The van der Waals surface area contributed by atoms with Gasteiger partial charge >= 0.3 is 0 Å². The molecule has 0 bridgehead atoms. The standard InChI is InChI=1S/C60H38N2S3/c1-3-19-39(20-4-1)65(40-21-5-2-6-22-40,55-37-17-29-47-45-27-15-35-53(57(45)63-59(47)55)61-49-31-11-7-23-41(49)42-24-8-12-32-50(42)61)56-38-18-30-48-46-28-16-36-54(58(46)64-60(48)56)62-51-33-13-9-25-43(51)44-26-10-14-34-52(44)62/h1-38H. The fourth-order valence-electron chi connectivity index (χ4n) is 10.8. The van der Waals surface area contributed by atoms with Crippen molar-refractivity contribution in [3.63, 3.8) is 0 Å². The zero-order valence-electron chi connectivity index (χ0n) is 35.1. The summed E-state index contributed by atoms with van der Waals surface area (Å²) < 4.78 is 10.2. The highest BCUT2D eigenvalue weighted by molar-refractivity contribution is 8.34. The van der Waals surface area contributed by atoms with E-state index in [2.05, 4.69) is 240 Å². The molecule has 0 saturated carbocycles. The van der Waals surface area contributed by atoms with E-state index < -0.39 is 10.0 Å². The molecule has 0 fully saturated rings. The van der Waals surface area contributed by atoms with Crippen LogP contribution in [0.4, 0.5) is 0 Å². The van der Waals surface area contributed by atoms with Crippen molar-refractivity contribution in [3.8, 4) is 11.4 Å². The van der Waals surface area contributed by atoms with Crippen LogP contribution in [0, 0.1) is 0 Å². The van der Waals surface area contributed by atoms with Gasteiger partial charge in [-0.05, 0) is 72.8 Å². The van der Waals surface area contributed by atoms with Crippen LogP contribution in [0.15, 0.2) is 250 Å². The van der Waals surface area contributed by atoms with E-state index in [1.54, 1.807) is 0 Å². The molecule has 65 heavy (non-hydrogen) atoms. The van der Waals surface area contributed by atoms with Gasteiger partial charge in [0.15, 0.2) is 0 Å². The third-order valence-corrected chi connectivity index (χ3v) is 20.2. The number of benzene rings is 10. The van der Waals surface area contributed by atoms with Gasteiger partial charge in [-0.1, -0.05) is 158 Å². The zero-order chi connectivity index (χ0) is 42.6. The number of hydrogen-bond donors (Lipinski definition) is 0. The van der Waals surface area contributed by atoms with E-state index in [4.69, 9.17) is 0 Å². The fraction of sp³-hybridized carbons (Fsp3) is 0. The average molecular weight is 883 g/mol. The number of fused-ring (bicyclic) bond motifs is 12. The van der Waals surface area contributed by atoms with Crippen LogP contribution < -0.4 is 0 Å². The molecule has 4 aromatic heterocycles. The minimum atomic E-state index is -2.12. The highest BCUT2D eigenvalue weighted by Gasteiger charge is 2.37. The number of aromatic nitrogens is 2. The Morgan fingerprint density at radius 2 is 0.538 bits per heavy atom. The number of hydrogen-bond acceptors (Lipinski definition) is 2. The predicted octanol–water partition coefficient (Wildman–Crippen LogP) is 18.0. The Balaban J connectivity index is 1.10. The first-order valence-electron chi connectivity index (χ1n) is 22.1. The second-order valence-corrected chi connectivity index (χ2v) is 21.8. The molecule has 14 rings (SSSR count). The molecule has 2 nitrogen and oxygen atoms in total. The van der Waals surface area contributed by atoms with Crippen molar-refractivity contribution in [1.82, 2.24) is 9.13 Å². The molecule has 0 aliphatic heterocycles. The molecule has 0 aliphatic carbocycles. The SMILES string of the molecule is c1ccc(S(c2ccccc2)(c2cccc3c2sc2c(-n4c5ccccc5c5ccccc54)cccc23)c2cccc3c2sc2c(-n4c5ccccc5c5ccccc54)cccc23)cc1. The van der Waals surface area contributed by atoms with Gasteiger partial charge in [-0.3, -0.25) is 0 Å². The van der Waals surface area contributed by atoms with Crippen molar-refractivity contribution in [2.24, 2.45) is 0 Å². The Hall–Kier alpha value is -7.41. The fourth-order valence-corrected chi connectivity index (χ4v) is 18.2. The average Bonchev–Trinajstić information content (AvgIpc) is 4.14. The highest BCUT2D eigenvalue weighted by Crippen LogP contribution is 2.76. The largest absolute Gasteiger partial charge is 0.308 e. The lowest BCUT2D eigenvalue weighted by Gasteiger charge is -2.42. The third-order valence-electron chi connectivity index (χ3n) is 13.4. The minimum Gasteiger partial charge on any atom is -0.308 e. The summed E-state index contributed by atoms with van der Waals surface area (Å²) in [5.41, 5.74) is 7.34. The molecule has 0 atom stereocenters. The van der Waals surface area contributed by atoms with Gasteiger partial charge in [-0.15, -0.1) is 32.7 Å². The summed E-state index contributed by atoms with van der Waals surface area (Å²) in [5, 5.41) is 10.3. The van der Waals surface area contributed by atoms with Crippen molar-refractivity contribution in [3.05, 3.63) is 231 Å². The summed E-state index contributed by atoms with van der Waals surface area (Å²) >= 11 is 3.91. The third kappa shape index (κ3) is 5.17. The molecule has 0 N–H and O–H groups in total. The molecule has 0 radical (unpaired) electrons. The van der Waals surface area contributed by atoms with Gasteiger partial charge in [-0.2, -0.15) is 0 Å². The summed E-state index contributed by atoms with van der Waals surface area (Å²) in [6, 6.07) is 86.2. The maximum absolute atomic E-state index is 2.49. The second-order valence-electron chi connectivity index (χ2n) is 16.8. The first-order chi connectivity index (χ1) is 32.3. The molecule has 0 aliphatic rings. The Kier molecular flexibility index (Phi) is 8.14. The lowest BCUT2D eigenvalue weighted by atomic mass is 10.1. The highest BCUT2D eigenvalue weighted by atomic mass is 32.3. The molecular weight excluding hydrogens is 845 g/mol. The Morgan fingerprint density at radius 1 is 0.246 bits per heavy atom. The number of thiophene rings is 2. The van der Waals surface area contributed by atoms with Gasteiger partial charge in [0.2, 0.25) is 0 Å². The maximum Gasteiger partial charge on any atom is 0.0640 e.